The summed E-state index contributed by atoms with van der Waals surface area (Å²) in [5.41, 5.74) is 9.21. The quantitative estimate of drug-likeness (QED) is 0.880. The van der Waals surface area contributed by atoms with Crippen molar-refractivity contribution in [2.75, 3.05) is 17.3 Å². The van der Waals surface area contributed by atoms with Gasteiger partial charge in [-0.15, -0.1) is 0 Å². The van der Waals surface area contributed by atoms with Crippen molar-refractivity contribution in [3.05, 3.63) is 59.7 Å². The van der Waals surface area contributed by atoms with Crippen LogP contribution in [0.25, 0.3) is 0 Å². The average molecular weight is 323 g/mol. The molecule has 0 unspecified atom stereocenters. The van der Waals surface area contributed by atoms with Crippen LogP contribution >= 0.6 is 0 Å². The summed E-state index contributed by atoms with van der Waals surface area (Å²) in [6, 6.07) is 16.0. The molecule has 0 aromatic heterocycles. The number of anilines is 2. The van der Waals surface area contributed by atoms with E-state index in [0.29, 0.717) is 18.2 Å². The third-order valence-electron chi connectivity index (χ3n) is 4.86. The van der Waals surface area contributed by atoms with Gasteiger partial charge in [0.2, 0.25) is 0 Å². The third kappa shape index (κ3) is 3.60. The molecular formula is C20H25N3O. The molecular weight excluding hydrogens is 298 g/mol. The Morgan fingerprint density at radius 2 is 1.79 bits per heavy atom. The lowest BCUT2D eigenvalue weighted by Gasteiger charge is -2.28. The topological polar surface area (TPSA) is 58.4 Å². The van der Waals surface area contributed by atoms with Crippen molar-refractivity contribution >= 4 is 17.3 Å². The van der Waals surface area contributed by atoms with Crippen molar-refractivity contribution in [1.82, 2.24) is 0 Å². The number of nitrogens with two attached hydrogens (primary N) is 1. The molecule has 0 saturated heterocycles. The Balaban J connectivity index is 1.77. The van der Waals surface area contributed by atoms with Crippen LogP contribution in [-0.2, 0) is 6.54 Å². The van der Waals surface area contributed by atoms with E-state index in [1.54, 1.807) is 0 Å². The molecule has 0 spiro atoms. The van der Waals surface area contributed by atoms with E-state index >= 15 is 0 Å². The molecule has 3 rings (SSSR count). The highest BCUT2D eigenvalue weighted by Crippen LogP contribution is 2.32. The normalized spacial score (nSPS) is 14.6. The van der Waals surface area contributed by atoms with Gasteiger partial charge < -0.3 is 16.0 Å². The number of benzene rings is 2. The van der Waals surface area contributed by atoms with Gasteiger partial charge in [-0.2, -0.15) is 0 Å². The Morgan fingerprint density at radius 3 is 2.46 bits per heavy atom. The zero-order chi connectivity index (χ0) is 16.9. The number of carbonyl (C=O) groups excluding carboxylic acids is 1. The summed E-state index contributed by atoms with van der Waals surface area (Å²) in [5, 5.41) is 3.06. The Bertz CT molecular complexity index is 690. The Kier molecular flexibility index (Phi) is 5.16. The van der Waals surface area contributed by atoms with Gasteiger partial charge >= 0.3 is 0 Å². The van der Waals surface area contributed by atoms with Gasteiger partial charge in [-0.3, -0.25) is 4.79 Å². The molecule has 0 radical (unpaired) electrons. The number of hydrogen-bond donors (Lipinski definition) is 2. The fourth-order valence-electron chi connectivity index (χ4n) is 3.36. The Labute approximate surface area is 143 Å². The van der Waals surface area contributed by atoms with Crippen LogP contribution in [-0.4, -0.2) is 19.0 Å². The van der Waals surface area contributed by atoms with Crippen LogP contribution in [0.5, 0.6) is 0 Å². The first-order valence-electron chi connectivity index (χ1n) is 8.61. The fraction of sp³-hybridized carbons (Fsp3) is 0.350. The van der Waals surface area contributed by atoms with Gasteiger partial charge in [0.15, 0.2) is 0 Å². The van der Waals surface area contributed by atoms with Crippen LogP contribution in [0.4, 0.5) is 11.4 Å². The SMILES string of the molecule is CN(c1ccccc1NC(=O)c1ccc(CN)cc1)C1CCCC1. The van der Waals surface area contributed by atoms with Crippen molar-refractivity contribution in [1.29, 1.82) is 0 Å². The Hall–Kier alpha value is -2.33. The zero-order valence-electron chi connectivity index (χ0n) is 14.2. The van der Waals surface area contributed by atoms with E-state index in [9.17, 15) is 4.79 Å². The molecule has 1 fully saturated rings. The minimum Gasteiger partial charge on any atom is -0.370 e. The van der Waals surface area contributed by atoms with Crippen LogP contribution in [0, 0.1) is 0 Å². The molecule has 4 nitrogen and oxygen atoms in total. The molecule has 2 aromatic carbocycles. The van der Waals surface area contributed by atoms with E-state index in [-0.39, 0.29) is 5.91 Å². The van der Waals surface area contributed by atoms with Crippen LogP contribution in [0.2, 0.25) is 0 Å². The minimum absolute atomic E-state index is 0.0918. The molecule has 1 amide bonds. The van der Waals surface area contributed by atoms with Crippen LogP contribution in [0.3, 0.4) is 0 Å². The Morgan fingerprint density at radius 1 is 1.12 bits per heavy atom. The number of nitrogens with zero attached hydrogens (tertiary/aromatic N) is 1. The molecule has 0 aliphatic heterocycles. The maximum absolute atomic E-state index is 12.5. The summed E-state index contributed by atoms with van der Waals surface area (Å²) in [6.07, 6.45) is 5.02. The van der Waals surface area contributed by atoms with Gasteiger partial charge in [0.25, 0.3) is 5.91 Å². The van der Waals surface area contributed by atoms with Crippen molar-refractivity contribution in [2.45, 2.75) is 38.3 Å². The summed E-state index contributed by atoms with van der Waals surface area (Å²) in [6.45, 7) is 0.483. The molecule has 126 valence electrons. The van der Waals surface area contributed by atoms with Gasteiger partial charge in [-0.1, -0.05) is 37.1 Å². The van der Waals surface area contributed by atoms with Crippen molar-refractivity contribution < 1.29 is 4.79 Å². The van der Waals surface area contributed by atoms with Crippen molar-refractivity contribution in [2.24, 2.45) is 5.73 Å². The second-order valence-corrected chi connectivity index (χ2v) is 6.42. The van der Waals surface area contributed by atoms with E-state index in [4.69, 9.17) is 5.73 Å². The molecule has 3 N–H and O–H groups in total. The molecule has 0 atom stereocenters. The summed E-state index contributed by atoms with van der Waals surface area (Å²) < 4.78 is 0. The summed E-state index contributed by atoms with van der Waals surface area (Å²) in [7, 11) is 2.12. The predicted molar refractivity (Wildman–Crippen MR) is 99.4 cm³/mol. The minimum atomic E-state index is -0.0918. The van der Waals surface area contributed by atoms with E-state index in [1.165, 1.54) is 25.7 Å². The molecule has 1 saturated carbocycles. The number of carbonyl (C=O) groups is 1. The first kappa shape index (κ1) is 16.5. The van der Waals surface area contributed by atoms with Gasteiger partial charge in [0.1, 0.15) is 0 Å². The van der Waals surface area contributed by atoms with E-state index in [0.717, 1.165) is 16.9 Å². The summed E-state index contributed by atoms with van der Waals surface area (Å²) >= 11 is 0. The molecule has 1 aliphatic rings. The predicted octanol–water partition coefficient (Wildman–Crippen LogP) is 3.78. The third-order valence-corrected chi connectivity index (χ3v) is 4.86. The molecule has 0 heterocycles. The second kappa shape index (κ2) is 7.49. The molecule has 1 aliphatic carbocycles. The lowest BCUT2D eigenvalue weighted by Crippen LogP contribution is -2.29. The molecule has 2 aromatic rings. The summed E-state index contributed by atoms with van der Waals surface area (Å²) in [4.78, 5) is 14.9. The van der Waals surface area contributed by atoms with Crippen LogP contribution < -0.4 is 16.0 Å². The largest absolute Gasteiger partial charge is 0.370 e. The van der Waals surface area contributed by atoms with Gasteiger partial charge in [0, 0.05) is 25.2 Å². The van der Waals surface area contributed by atoms with Gasteiger partial charge in [-0.05, 0) is 42.7 Å². The first-order valence-corrected chi connectivity index (χ1v) is 8.61. The van der Waals surface area contributed by atoms with E-state index in [2.05, 4.69) is 23.3 Å². The van der Waals surface area contributed by atoms with Crippen LogP contribution in [0.15, 0.2) is 48.5 Å². The fourth-order valence-corrected chi connectivity index (χ4v) is 3.36. The zero-order valence-corrected chi connectivity index (χ0v) is 14.2. The number of rotatable bonds is 5. The molecule has 24 heavy (non-hydrogen) atoms. The molecule has 0 bridgehead atoms. The lowest BCUT2D eigenvalue weighted by atomic mass is 10.1. The van der Waals surface area contributed by atoms with Gasteiger partial charge in [0.05, 0.1) is 11.4 Å². The van der Waals surface area contributed by atoms with Gasteiger partial charge in [-0.25, -0.2) is 0 Å². The maximum atomic E-state index is 12.5. The van der Waals surface area contributed by atoms with Crippen molar-refractivity contribution in [3.8, 4) is 0 Å². The monoisotopic (exact) mass is 323 g/mol. The second-order valence-electron chi connectivity index (χ2n) is 6.42. The highest BCUT2D eigenvalue weighted by atomic mass is 16.1. The number of hydrogen-bond acceptors (Lipinski definition) is 3. The molecule has 4 heteroatoms. The van der Waals surface area contributed by atoms with E-state index < -0.39 is 0 Å². The standard InChI is InChI=1S/C20H25N3O/c1-23(17-6-2-3-7-17)19-9-5-4-8-18(19)22-20(24)16-12-10-15(14-21)11-13-16/h4-5,8-13,17H,2-3,6-7,14,21H2,1H3,(H,22,24). The van der Waals surface area contributed by atoms with Crippen LogP contribution in [0.1, 0.15) is 41.6 Å². The highest BCUT2D eigenvalue weighted by Gasteiger charge is 2.22. The van der Waals surface area contributed by atoms with E-state index in [1.807, 2.05) is 42.5 Å². The number of amides is 1. The first-order chi connectivity index (χ1) is 11.7. The number of para-hydroxylation sites is 2. The number of nitrogens with one attached hydrogen (secondary N) is 1. The smallest absolute Gasteiger partial charge is 0.255 e. The maximum Gasteiger partial charge on any atom is 0.255 e. The summed E-state index contributed by atoms with van der Waals surface area (Å²) in [5.74, 6) is -0.0918. The lowest BCUT2D eigenvalue weighted by molar-refractivity contribution is 0.102. The average Bonchev–Trinajstić information content (AvgIpc) is 3.16. The van der Waals surface area contributed by atoms with Crippen molar-refractivity contribution in [3.63, 3.8) is 0 Å². The highest BCUT2D eigenvalue weighted by molar-refractivity contribution is 6.06.